The number of nitrogens with two attached hydrogens (primary N) is 1. The minimum absolute atomic E-state index is 0.274. The van der Waals surface area contributed by atoms with Crippen LogP contribution in [-0.2, 0) is 4.79 Å². The summed E-state index contributed by atoms with van der Waals surface area (Å²) in [7, 11) is 1.57. The molecule has 0 fully saturated rings. The van der Waals surface area contributed by atoms with Crippen molar-refractivity contribution in [2.45, 2.75) is 12.8 Å². The number of ether oxygens (including phenoxy) is 1. The first-order chi connectivity index (χ1) is 7.22. The van der Waals surface area contributed by atoms with Gasteiger partial charge in [-0.15, -0.1) is 0 Å². The number of nitrogens with one attached hydrogen (secondary N) is 1. The number of amides is 1. The number of anilines is 1. The van der Waals surface area contributed by atoms with Crippen molar-refractivity contribution in [2.75, 3.05) is 19.0 Å². The molecular weight excluding hydrogens is 194 g/mol. The van der Waals surface area contributed by atoms with Gasteiger partial charge >= 0.3 is 0 Å². The van der Waals surface area contributed by atoms with Crippen LogP contribution in [0, 0.1) is 0 Å². The molecule has 1 amide bonds. The number of primary amides is 1. The van der Waals surface area contributed by atoms with Crippen LogP contribution >= 0.6 is 0 Å². The maximum Gasteiger partial charge on any atom is 0.217 e. The van der Waals surface area contributed by atoms with Crippen LogP contribution in [0.2, 0.25) is 0 Å². The quantitative estimate of drug-likeness (QED) is 0.678. The Morgan fingerprint density at radius 3 is 3.13 bits per heavy atom. The predicted octanol–water partition coefficient (Wildman–Crippen LogP) is 0.768. The van der Waals surface area contributed by atoms with Crippen molar-refractivity contribution in [3.8, 4) is 5.88 Å². The maximum absolute atomic E-state index is 10.5. The lowest BCUT2D eigenvalue weighted by atomic mass is 10.3. The maximum atomic E-state index is 10.5. The Hall–Kier alpha value is -1.78. The second kappa shape index (κ2) is 5.85. The van der Waals surface area contributed by atoms with E-state index in [4.69, 9.17) is 10.5 Å². The zero-order valence-electron chi connectivity index (χ0n) is 8.69. The van der Waals surface area contributed by atoms with Crippen molar-refractivity contribution in [1.82, 2.24) is 4.98 Å². The molecule has 1 aromatic rings. The highest BCUT2D eigenvalue weighted by molar-refractivity contribution is 5.73. The molecule has 0 bridgehead atoms. The first-order valence-corrected chi connectivity index (χ1v) is 4.74. The highest BCUT2D eigenvalue weighted by Crippen LogP contribution is 2.13. The molecular formula is C10H15N3O2. The van der Waals surface area contributed by atoms with E-state index < -0.39 is 0 Å². The molecule has 0 saturated carbocycles. The molecule has 0 aliphatic heterocycles. The van der Waals surface area contributed by atoms with E-state index in [1.807, 2.05) is 6.07 Å². The smallest absolute Gasteiger partial charge is 0.217 e. The fourth-order valence-corrected chi connectivity index (χ4v) is 1.13. The van der Waals surface area contributed by atoms with E-state index in [2.05, 4.69) is 10.3 Å². The van der Waals surface area contributed by atoms with Crippen molar-refractivity contribution >= 4 is 11.6 Å². The Morgan fingerprint density at radius 2 is 2.47 bits per heavy atom. The summed E-state index contributed by atoms with van der Waals surface area (Å²) in [5.74, 6) is 0.291. The molecule has 0 aromatic carbocycles. The van der Waals surface area contributed by atoms with Crippen molar-refractivity contribution < 1.29 is 9.53 Å². The Labute approximate surface area is 88.6 Å². The van der Waals surface area contributed by atoms with Gasteiger partial charge in [0, 0.05) is 30.9 Å². The Balaban J connectivity index is 2.33. The molecule has 1 heterocycles. The molecule has 0 unspecified atom stereocenters. The van der Waals surface area contributed by atoms with E-state index in [9.17, 15) is 4.79 Å². The van der Waals surface area contributed by atoms with Crippen molar-refractivity contribution in [1.29, 1.82) is 0 Å². The normalized spacial score (nSPS) is 9.67. The highest BCUT2D eigenvalue weighted by Gasteiger charge is 1.97. The summed E-state index contributed by atoms with van der Waals surface area (Å²) < 4.78 is 4.97. The summed E-state index contributed by atoms with van der Waals surface area (Å²) in [6.45, 7) is 0.704. The number of nitrogens with zero attached hydrogens (tertiary/aromatic N) is 1. The van der Waals surface area contributed by atoms with Gasteiger partial charge in [-0.2, -0.15) is 0 Å². The first kappa shape index (κ1) is 11.3. The number of aromatic nitrogens is 1. The number of carbonyl (C=O) groups is 1. The second-order valence-corrected chi connectivity index (χ2v) is 3.08. The van der Waals surface area contributed by atoms with Crippen molar-refractivity contribution in [3.05, 3.63) is 18.3 Å². The van der Waals surface area contributed by atoms with E-state index in [1.54, 1.807) is 19.4 Å². The molecule has 1 rings (SSSR count). The summed E-state index contributed by atoms with van der Waals surface area (Å²) in [6, 6.07) is 3.64. The third-order valence-electron chi connectivity index (χ3n) is 1.87. The standard InChI is InChI=1S/C10H15N3O2/c1-15-10-7-8(4-6-13-10)12-5-2-3-9(11)14/h4,6-7H,2-3,5H2,1H3,(H2,11,14)(H,12,13). The SMILES string of the molecule is COc1cc(NCCCC(N)=O)ccn1. The fraction of sp³-hybridized carbons (Fsp3) is 0.400. The van der Waals surface area contributed by atoms with Crippen LogP contribution < -0.4 is 15.8 Å². The minimum atomic E-state index is -0.274. The fourth-order valence-electron chi connectivity index (χ4n) is 1.13. The monoisotopic (exact) mass is 209 g/mol. The van der Waals surface area contributed by atoms with Gasteiger partial charge in [0.05, 0.1) is 7.11 Å². The minimum Gasteiger partial charge on any atom is -0.481 e. The van der Waals surface area contributed by atoms with Gasteiger partial charge in [-0.1, -0.05) is 0 Å². The molecule has 0 spiro atoms. The molecule has 0 aliphatic rings. The van der Waals surface area contributed by atoms with E-state index in [1.165, 1.54) is 0 Å². The van der Waals surface area contributed by atoms with Crippen LogP contribution in [0.5, 0.6) is 5.88 Å². The largest absolute Gasteiger partial charge is 0.481 e. The molecule has 0 atom stereocenters. The number of hydrogen-bond acceptors (Lipinski definition) is 4. The third kappa shape index (κ3) is 4.30. The van der Waals surface area contributed by atoms with Gasteiger partial charge in [0.15, 0.2) is 0 Å². The zero-order chi connectivity index (χ0) is 11.1. The van der Waals surface area contributed by atoms with Crippen molar-refractivity contribution in [2.24, 2.45) is 5.73 Å². The summed E-state index contributed by atoms with van der Waals surface area (Å²) in [4.78, 5) is 14.5. The molecule has 5 heteroatoms. The summed E-state index contributed by atoms with van der Waals surface area (Å²) >= 11 is 0. The molecule has 0 aliphatic carbocycles. The lowest BCUT2D eigenvalue weighted by molar-refractivity contribution is -0.118. The Bertz CT molecular complexity index is 328. The summed E-state index contributed by atoms with van der Waals surface area (Å²) in [6.07, 6.45) is 2.78. The molecule has 5 nitrogen and oxygen atoms in total. The lowest BCUT2D eigenvalue weighted by Crippen LogP contribution is -2.12. The van der Waals surface area contributed by atoms with Crippen LogP contribution in [0.25, 0.3) is 0 Å². The number of hydrogen-bond donors (Lipinski definition) is 2. The van der Waals surface area contributed by atoms with Gasteiger partial charge in [-0.25, -0.2) is 4.98 Å². The number of methoxy groups -OCH3 is 1. The van der Waals surface area contributed by atoms with Crippen LogP contribution in [-0.4, -0.2) is 24.5 Å². The summed E-state index contributed by atoms with van der Waals surface area (Å²) in [5, 5.41) is 3.15. The number of rotatable bonds is 6. The molecule has 1 aromatic heterocycles. The van der Waals surface area contributed by atoms with Crippen LogP contribution in [0.15, 0.2) is 18.3 Å². The molecule has 0 saturated heterocycles. The summed E-state index contributed by atoms with van der Waals surface area (Å²) in [5.41, 5.74) is 5.94. The average molecular weight is 209 g/mol. The third-order valence-corrected chi connectivity index (χ3v) is 1.87. The van der Waals surface area contributed by atoms with Crippen molar-refractivity contribution in [3.63, 3.8) is 0 Å². The van der Waals surface area contributed by atoms with Gasteiger partial charge in [-0.05, 0) is 12.5 Å². The Kier molecular flexibility index (Phi) is 4.40. The zero-order valence-corrected chi connectivity index (χ0v) is 8.69. The number of pyridine rings is 1. The average Bonchev–Trinajstić information content (AvgIpc) is 2.24. The van der Waals surface area contributed by atoms with Gasteiger partial charge in [0.1, 0.15) is 0 Å². The van der Waals surface area contributed by atoms with Gasteiger partial charge < -0.3 is 15.8 Å². The Morgan fingerprint density at radius 1 is 1.67 bits per heavy atom. The first-order valence-electron chi connectivity index (χ1n) is 4.74. The van der Waals surface area contributed by atoms with E-state index >= 15 is 0 Å². The second-order valence-electron chi connectivity index (χ2n) is 3.08. The number of carbonyl (C=O) groups excluding carboxylic acids is 1. The molecule has 0 radical (unpaired) electrons. The van der Waals surface area contributed by atoms with E-state index in [0.29, 0.717) is 18.8 Å². The van der Waals surface area contributed by atoms with E-state index in [0.717, 1.165) is 12.1 Å². The molecule has 3 N–H and O–H groups in total. The van der Waals surface area contributed by atoms with Gasteiger partial charge in [0.25, 0.3) is 0 Å². The van der Waals surface area contributed by atoms with Gasteiger partial charge in [0.2, 0.25) is 11.8 Å². The molecule has 15 heavy (non-hydrogen) atoms. The lowest BCUT2D eigenvalue weighted by Gasteiger charge is -2.06. The van der Waals surface area contributed by atoms with E-state index in [-0.39, 0.29) is 5.91 Å². The van der Waals surface area contributed by atoms with Gasteiger partial charge in [-0.3, -0.25) is 4.79 Å². The van der Waals surface area contributed by atoms with Crippen LogP contribution in [0.3, 0.4) is 0 Å². The topological polar surface area (TPSA) is 77.2 Å². The van der Waals surface area contributed by atoms with Crippen LogP contribution in [0.1, 0.15) is 12.8 Å². The molecule has 82 valence electrons. The predicted molar refractivity (Wildman–Crippen MR) is 57.7 cm³/mol. The van der Waals surface area contributed by atoms with Crippen LogP contribution in [0.4, 0.5) is 5.69 Å². The highest BCUT2D eigenvalue weighted by atomic mass is 16.5.